The number of rotatable bonds is 6. The molecule has 1 unspecified atom stereocenters. The van der Waals surface area contributed by atoms with E-state index in [0.29, 0.717) is 0 Å². The molecule has 1 aromatic rings. The molecule has 0 aliphatic carbocycles. The van der Waals surface area contributed by atoms with Crippen LogP contribution in [0.25, 0.3) is 0 Å². The third-order valence-electron chi connectivity index (χ3n) is 2.47. The van der Waals surface area contributed by atoms with Crippen LogP contribution in [0.2, 0.25) is 0 Å². The van der Waals surface area contributed by atoms with Gasteiger partial charge in [0, 0.05) is 17.6 Å². The third kappa shape index (κ3) is 4.71. The van der Waals surface area contributed by atoms with Crippen molar-refractivity contribution in [3.05, 3.63) is 34.1 Å². The van der Waals surface area contributed by atoms with Gasteiger partial charge in [-0.15, -0.1) is 0 Å². The number of hydrogen-bond acceptors (Lipinski definition) is 3. The van der Waals surface area contributed by atoms with Gasteiger partial charge in [0.15, 0.2) is 0 Å². The van der Waals surface area contributed by atoms with Crippen molar-refractivity contribution in [2.24, 2.45) is 0 Å². The number of nitrogens with one attached hydrogen (secondary N) is 1. The van der Waals surface area contributed by atoms with Crippen molar-refractivity contribution in [1.82, 2.24) is 10.2 Å². The van der Waals surface area contributed by atoms with E-state index in [4.69, 9.17) is 0 Å². The van der Waals surface area contributed by atoms with Crippen LogP contribution in [0.5, 0.6) is 0 Å². The second kappa shape index (κ2) is 7.06. The van der Waals surface area contributed by atoms with Crippen LogP contribution in [0.3, 0.4) is 0 Å². The highest BCUT2D eigenvalue weighted by molar-refractivity contribution is 9.10. The number of aliphatic hydroxyl groups excluding tert-OH is 1. The molecule has 3 nitrogen and oxygen atoms in total. The van der Waals surface area contributed by atoms with Crippen molar-refractivity contribution in [2.75, 3.05) is 33.8 Å². The van der Waals surface area contributed by atoms with E-state index in [1.165, 1.54) is 12.1 Å². The molecule has 0 bridgehead atoms. The van der Waals surface area contributed by atoms with Crippen molar-refractivity contribution in [3.8, 4) is 0 Å². The average molecular weight is 305 g/mol. The van der Waals surface area contributed by atoms with E-state index in [-0.39, 0.29) is 18.5 Å². The fourth-order valence-corrected chi connectivity index (χ4v) is 2.04. The fourth-order valence-electron chi connectivity index (χ4n) is 1.52. The molecule has 0 saturated heterocycles. The molecule has 0 spiro atoms. The van der Waals surface area contributed by atoms with Crippen molar-refractivity contribution < 1.29 is 9.50 Å². The second-order valence-electron chi connectivity index (χ2n) is 4.16. The van der Waals surface area contributed by atoms with Crippen molar-refractivity contribution in [3.63, 3.8) is 0 Å². The van der Waals surface area contributed by atoms with Crippen molar-refractivity contribution >= 4 is 15.9 Å². The predicted octanol–water partition coefficient (Wildman–Crippen LogP) is 1.77. The Morgan fingerprint density at radius 1 is 1.47 bits per heavy atom. The van der Waals surface area contributed by atoms with Crippen LogP contribution in [0, 0.1) is 5.82 Å². The molecule has 0 heterocycles. The van der Waals surface area contributed by atoms with Gasteiger partial charge in [-0.1, -0.05) is 15.9 Å². The molecule has 1 atom stereocenters. The summed E-state index contributed by atoms with van der Waals surface area (Å²) < 4.78 is 14.0. The van der Waals surface area contributed by atoms with Crippen LogP contribution in [0.4, 0.5) is 4.39 Å². The minimum atomic E-state index is -0.295. The molecule has 0 saturated carbocycles. The maximum Gasteiger partial charge on any atom is 0.123 e. The molecule has 1 rings (SSSR count). The zero-order valence-electron chi connectivity index (χ0n) is 10.1. The van der Waals surface area contributed by atoms with Crippen molar-refractivity contribution in [1.29, 1.82) is 0 Å². The molecule has 5 heteroatoms. The smallest absolute Gasteiger partial charge is 0.123 e. The summed E-state index contributed by atoms with van der Waals surface area (Å²) in [5.74, 6) is -0.295. The SMILES string of the molecule is CN(C)CCNC(CO)c1cc(F)ccc1Br. The molecule has 0 amide bonds. The summed E-state index contributed by atoms with van der Waals surface area (Å²) in [5, 5.41) is 12.5. The van der Waals surface area contributed by atoms with Gasteiger partial charge in [-0.2, -0.15) is 0 Å². The lowest BCUT2D eigenvalue weighted by Gasteiger charge is -2.19. The molecule has 0 fully saturated rings. The van der Waals surface area contributed by atoms with Crippen molar-refractivity contribution in [2.45, 2.75) is 6.04 Å². The maximum absolute atomic E-state index is 13.2. The highest BCUT2D eigenvalue weighted by atomic mass is 79.9. The predicted molar refractivity (Wildman–Crippen MR) is 70.5 cm³/mol. The minimum Gasteiger partial charge on any atom is -0.394 e. The van der Waals surface area contributed by atoms with Gasteiger partial charge < -0.3 is 15.3 Å². The van der Waals surface area contributed by atoms with E-state index >= 15 is 0 Å². The van der Waals surface area contributed by atoms with E-state index in [2.05, 4.69) is 21.2 Å². The molecule has 96 valence electrons. The number of benzene rings is 1. The Balaban J connectivity index is 2.68. The molecule has 17 heavy (non-hydrogen) atoms. The summed E-state index contributed by atoms with van der Waals surface area (Å²) in [4.78, 5) is 2.04. The van der Waals surface area contributed by atoms with E-state index in [1.54, 1.807) is 6.07 Å². The van der Waals surface area contributed by atoms with Gasteiger partial charge >= 0.3 is 0 Å². The summed E-state index contributed by atoms with van der Waals surface area (Å²) in [7, 11) is 3.96. The van der Waals surface area contributed by atoms with E-state index in [1.807, 2.05) is 19.0 Å². The van der Waals surface area contributed by atoms with Crippen LogP contribution >= 0.6 is 15.9 Å². The highest BCUT2D eigenvalue weighted by Crippen LogP contribution is 2.24. The minimum absolute atomic E-state index is 0.0600. The Morgan fingerprint density at radius 3 is 2.76 bits per heavy atom. The zero-order valence-corrected chi connectivity index (χ0v) is 11.7. The molecule has 0 aromatic heterocycles. The first kappa shape index (κ1) is 14.6. The van der Waals surface area contributed by atoms with Crippen LogP contribution in [-0.4, -0.2) is 43.8 Å². The first-order valence-corrected chi connectivity index (χ1v) is 6.28. The lowest BCUT2D eigenvalue weighted by Crippen LogP contribution is -2.31. The molecule has 0 radical (unpaired) electrons. The van der Waals surface area contributed by atoms with Crippen LogP contribution in [-0.2, 0) is 0 Å². The summed E-state index contributed by atoms with van der Waals surface area (Å²) in [6.45, 7) is 1.54. The van der Waals surface area contributed by atoms with Crippen LogP contribution in [0.15, 0.2) is 22.7 Å². The molecular weight excluding hydrogens is 287 g/mol. The van der Waals surface area contributed by atoms with Crippen LogP contribution in [0.1, 0.15) is 11.6 Å². The number of aliphatic hydroxyl groups is 1. The van der Waals surface area contributed by atoms with E-state index in [9.17, 15) is 9.50 Å². The molecule has 2 N–H and O–H groups in total. The maximum atomic E-state index is 13.2. The van der Waals surface area contributed by atoms with E-state index < -0.39 is 0 Å². The first-order chi connectivity index (χ1) is 8.04. The molecule has 0 aliphatic rings. The average Bonchev–Trinajstić information content (AvgIpc) is 2.28. The number of likely N-dealkylation sites (N-methyl/N-ethyl adjacent to an activating group) is 1. The summed E-state index contributed by atoms with van der Waals surface area (Å²) in [6.07, 6.45) is 0. The van der Waals surface area contributed by atoms with Gasteiger partial charge in [-0.05, 0) is 37.9 Å². The first-order valence-electron chi connectivity index (χ1n) is 5.48. The highest BCUT2D eigenvalue weighted by Gasteiger charge is 2.13. The normalized spacial score (nSPS) is 13.1. The van der Waals surface area contributed by atoms with E-state index in [0.717, 1.165) is 23.1 Å². The number of hydrogen-bond donors (Lipinski definition) is 2. The Hall–Kier alpha value is -0.490. The Morgan fingerprint density at radius 2 is 2.18 bits per heavy atom. The standard InChI is InChI=1S/C12H18BrFN2O/c1-16(2)6-5-15-12(8-17)10-7-9(14)3-4-11(10)13/h3-4,7,12,15,17H,5-6,8H2,1-2H3. The Bertz CT molecular complexity index is 360. The third-order valence-corrected chi connectivity index (χ3v) is 3.19. The van der Waals surface area contributed by atoms with Gasteiger partial charge in [0.05, 0.1) is 12.6 Å². The second-order valence-corrected chi connectivity index (χ2v) is 5.01. The molecular formula is C12H18BrFN2O. The summed E-state index contributed by atoms with van der Waals surface area (Å²) in [5.41, 5.74) is 0.742. The van der Waals surface area contributed by atoms with Crippen LogP contribution < -0.4 is 5.32 Å². The van der Waals surface area contributed by atoms with Gasteiger partial charge in [0.1, 0.15) is 5.82 Å². The topological polar surface area (TPSA) is 35.5 Å². The Kier molecular flexibility index (Phi) is 6.05. The number of halogens is 2. The van der Waals surface area contributed by atoms with Gasteiger partial charge in [0.25, 0.3) is 0 Å². The largest absolute Gasteiger partial charge is 0.394 e. The molecule has 0 aliphatic heterocycles. The quantitative estimate of drug-likeness (QED) is 0.841. The summed E-state index contributed by atoms with van der Waals surface area (Å²) in [6, 6.07) is 4.23. The fraction of sp³-hybridized carbons (Fsp3) is 0.500. The monoisotopic (exact) mass is 304 g/mol. The lowest BCUT2D eigenvalue weighted by molar-refractivity contribution is 0.239. The Labute approximate surface area is 110 Å². The number of nitrogens with zero attached hydrogens (tertiary/aromatic N) is 1. The van der Waals surface area contributed by atoms with Gasteiger partial charge in [-0.25, -0.2) is 4.39 Å². The van der Waals surface area contributed by atoms with Gasteiger partial charge in [0.2, 0.25) is 0 Å². The lowest BCUT2D eigenvalue weighted by atomic mass is 10.1. The van der Waals surface area contributed by atoms with Gasteiger partial charge in [-0.3, -0.25) is 0 Å². The summed E-state index contributed by atoms with van der Waals surface area (Å²) >= 11 is 3.36. The molecule has 1 aromatic carbocycles. The zero-order chi connectivity index (χ0) is 12.8.